The highest BCUT2D eigenvalue weighted by atomic mass is 32.2. The zero-order chi connectivity index (χ0) is 12.6. The van der Waals surface area contributed by atoms with Crippen molar-refractivity contribution >= 4 is 22.6 Å². The van der Waals surface area contributed by atoms with Gasteiger partial charge in [0.05, 0.1) is 4.90 Å². The van der Waals surface area contributed by atoms with Gasteiger partial charge in [-0.15, -0.1) is 0 Å². The topological polar surface area (TPSA) is 86.6 Å². The molecule has 0 aliphatic heterocycles. The van der Waals surface area contributed by atoms with E-state index in [0.29, 0.717) is 5.56 Å². The molecular formula is C10H14BNO4S. The third kappa shape index (κ3) is 2.87. The van der Waals surface area contributed by atoms with Crippen LogP contribution >= 0.6 is 0 Å². The van der Waals surface area contributed by atoms with Crippen molar-refractivity contribution < 1.29 is 18.5 Å². The molecule has 0 spiro atoms. The molecule has 1 aliphatic carbocycles. The van der Waals surface area contributed by atoms with Crippen LogP contribution in [-0.2, 0) is 10.0 Å². The normalized spacial score (nSPS) is 15.9. The molecule has 1 aliphatic rings. The van der Waals surface area contributed by atoms with Crippen LogP contribution < -0.4 is 10.2 Å². The molecule has 1 fully saturated rings. The van der Waals surface area contributed by atoms with Crippen molar-refractivity contribution in [2.45, 2.75) is 30.7 Å². The van der Waals surface area contributed by atoms with E-state index in [1.807, 2.05) is 0 Å². The van der Waals surface area contributed by atoms with Gasteiger partial charge in [-0.25, -0.2) is 13.1 Å². The molecular weight excluding hydrogens is 241 g/mol. The Morgan fingerprint density at radius 1 is 1.35 bits per heavy atom. The fourth-order valence-electron chi connectivity index (χ4n) is 1.55. The molecule has 3 N–H and O–H groups in total. The average Bonchev–Trinajstić information content (AvgIpc) is 3.00. The molecule has 0 aromatic heterocycles. The Kier molecular flexibility index (Phi) is 3.26. The summed E-state index contributed by atoms with van der Waals surface area (Å²) in [6, 6.07) is 4.39. The van der Waals surface area contributed by atoms with Crippen LogP contribution in [0.25, 0.3) is 0 Å². The van der Waals surface area contributed by atoms with Crippen LogP contribution in [0.3, 0.4) is 0 Å². The van der Waals surface area contributed by atoms with Gasteiger partial charge in [-0.05, 0) is 36.9 Å². The number of aryl methyl sites for hydroxylation is 1. The number of hydrogen-bond donors (Lipinski definition) is 3. The lowest BCUT2D eigenvalue weighted by Gasteiger charge is -2.10. The van der Waals surface area contributed by atoms with Crippen LogP contribution in [0.15, 0.2) is 23.1 Å². The average molecular weight is 255 g/mol. The minimum atomic E-state index is -3.56. The lowest BCUT2D eigenvalue weighted by Crippen LogP contribution is -2.32. The van der Waals surface area contributed by atoms with Gasteiger partial charge >= 0.3 is 7.12 Å². The Balaban J connectivity index is 2.38. The summed E-state index contributed by atoms with van der Waals surface area (Å²) < 4.78 is 26.6. The number of benzene rings is 1. The molecule has 0 heterocycles. The first-order valence-electron chi connectivity index (χ1n) is 5.39. The van der Waals surface area contributed by atoms with Crippen LogP contribution in [-0.4, -0.2) is 31.6 Å². The van der Waals surface area contributed by atoms with Crippen LogP contribution in [0.4, 0.5) is 0 Å². The molecule has 1 aromatic carbocycles. The molecule has 17 heavy (non-hydrogen) atoms. The fraction of sp³-hybridized carbons (Fsp3) is 0.400. The molecule has 0 unspecified atom stereocenters. The summed E-state index contributed by atoms with van der Waals surface area (Å²) in [7, 11) is -5.22. The highest BCUT2D eigenvalue weighted by Gasteiger charge is 2.29. The van der Waals surface area contributed by atoms with E-state index in [-0.39, 0.29) is 16.4 Å². The molecule has 0 bridgehead atoms. The van der Waals surface area contributed by atoms with Crippen molar-refractivity contribution in [1.82, 2.24) is 4.72 Å². The Morgan fingerprint density at radius 2 is 2.00 bits per heavy atom. The number of nitrogens with one attached hydrogen (secondary N) is 1. The summed E-state index contributed by atoms with van der Waals surface area (Å²) in [6.45, 7) is 1.68. The number of sulfonamides is 1. The van der Waals surface area contributed by atoms with Gasteiger partial charge in [-0.1, -0.05) is 12.1 Å². The first-order chi connectivity index (χ1) is 7.90. The van der Waals surface area contributed by atoms with Gasteiger partial charge in [0.1, 0.15) is 0 Å². The summed E-state index contributed by atoms with van der Waals surface area (Å²) in [5.74, 6) is 0. The van der Waals surface area contributed by atoms with E-state index < -0.39 is 17.1 Å². The Hall–Kier alpha value is -0.885. The third-order valence-electron chi connectivity index (χ3n) is 2.70. The lowest BCUT2D eigenvalue weighted by molar-refractivity contribution is 0.425. The number of rotatable bonds is 4. The molecule has 5 nitrogen and oxygen atoms in total. The summed E-state index contributed by atoms with van der Waals surface area (Å²) >= 11 is 0. The summed E-state index contributed by atoms with van der Waals surface area (Å²) in [4.78, 5) is 0.106. The van der Waals surface area contributed by atoms with E-state index in [4.69, 9.17) is 10.0 Å². The number of hydrogen-bond acceptors (Lipinski definition) is 4. The lowest BCUT2D eigenvalue weighted by atomic mass is 9.80. The first-order valence-corrected chi connectivity index (χ1v) is 6.87. The van der Waals surface area contributed by atoms with E-state index >= 15 is 0 Å². The van der Waals surface area contributed by atoms with Gasteiger partial charge in [-0.3, -0.25) is 0 Å². The molecule has 92 valence electrons. The highest BCUT2D eigenvalue weighted by molar-refractivity contribution is 7.89. The van der Waals surface area contributed by atoms with Gasteiger partial charge < -0.3 is 10.0 Å². The second kappa shape index (κ2) is 4.42. The van der Waals surface area contributed by atoms with Crippen molar-refractivity contribution in [3.05, 3.63) is 23.8 Å². The van der Waals surface area contributed by atoms with Gasteiger partial charge in [-0.2, -0.15) is 0 Å². The minimum Gasteiger partial charge on any atom is -0.423 e. The standard InChI is InChI=1S/C10H14BNO4S/c1-7-2-3-8(11(13)14)6-10(7)17(15,16)12-9-4-5-9/h2-3,6,9,12-14H,4-5H2,1H3. The van der Waals surface area contributed by atoms with Crippen LogP contribution in [0, 0.1) is 6.92 Å². The molecule has 2 rings (SSSR count). The van der Waals surface area contributed by atoms with Crippen LogP contribution in [0.1, 0.15) is 18.4 Å². The van der Waals surface area contributed by atoms with E-state index in [0.717, 1.165) is 12.8 Å². The van der Waals surface area contributed by atoms with Crippen LogP contribution in [0.5, 0.6) is 0 Å². The largest absolute Gasteiger partial charge is 0.488 e. The van der Waals surface area contributed by atoms with Crippen molar-refractivity contribution in [2.24, 2.45) is 0 Å². The summed E-state index contributed by atoms with van der Waals surface area (Å²) in [5, 5.41) is 18.1. The Morgan fingerprint density at radius 3 is 2.53 bits per heavy atom. The van der Waals surface area contributed by atoms with Gasteiger partial charge in [0, 0.05) is 6.04 Å². The monoisotopic (exact) mass is 255 g/mol. The smallest absolute Gasteiger partial charge is 0.423 e. The predicted molar refractivity (Wildman–Crippen MR) is 64.3 cm³/mol. The second-order valence-corrected chi connectivity index (χ2v) is 5.98. The molecule has 0 atom stereocenters. The Labute approximate surface area is 101 Å². The van der Waals surface area contributed by atoms with Crippen molar-refractivity contribution in [3.8, 4) is 0 Å². The third-order valence-corrected chi connectivity index (χ3v) is 4.36. The van der Waals surface area contributed by atoms with Crippen molar-refractivity contribution in [2.75, 3.05) is 0 Å². The maximum absolute atomic E-state index is 12.0. The highest BCUT2D eigenvalue weighted by Crippen LogP contribution is 2.23. The molecule has 7 heteroatoms. The maximum Gasteiger partial charge on any atom is 0.488 e. The quantitative estimate of drug-likeness (QED) is 0.609. The summed E-state index contributed by atoms with van der Waals surface area (Å²) in [6.07, 6.45) is 1.72. The fourth-order valence-corrected chi connectivity index (χ4v) is 3.14. The van der Waals surface area contributed by atoms with Gasteiger partial charge in [0.25, 0.3) is 0 Å². The van der Waals surface area contributed by atoms with Crippen molar-refractivity contribution in [3.63, 3.8) is 0 Å². The predicted octanol–water partition coefficient (Wildman–Crippen LogP) is -0.884. The van der Waals surface area contributed by atoms with E-state index in [1.54, 1.807) is 13.0 Å². The zero-order valence-corrected chi connectivity index (χ0v) is 10.2. The van der Waals surface area contributed by atoms with E-state index in [2.05, 4.69) is 4.72 Å². The molecule has 1 saturated carbocycles. The first kappa shape index (κ1) is 12.6. The second-order valence-electron chi connectivity index (χ2n) is 4.29. The zero-order valence-electron chi connectivity index (χ0n) is 9.42. The van der Waals surface area contributed by atoms with E-state index in [9.17, 15) is 8.42 Å². The van der Waals surface area contributed by atoms with Crippen LogP contribution in [0.2, 0.25) is 0 Å². The SMILES string of the molecule is Cc1ccc(B(O)O)cc1S(=O)(=O)NC1CC1. The van der Waals surface area contributed by atoms with Crippen molar-refractivity contribution in [1.29, 1.82) is 0 Å². The minimum absolute atomic E-state index is 0.0297. The molecule has 0 saturated heterocycles. The molecule has 0 amide bonds. The molecule has 1 aromatic rings. The Bertz CT molecular complexity index is 525. The van der Waals surface area contributed by atoms with Gasteiger partial charge in [0.15, 0.2) is 0 Å². The molecule has 0 radical (unpaired) electrons. The van der Waals surface area contributed by atoms with Gasteiger partial charge in [0.2, 0.25) is 10.0 Å². The van der Waals surface area contributed by atoms with E-state index in [1.165, 1.54) is 12.1 Å². The summed E-state index contributed by atoms with van der Waals surface area (Å²) in [5.41, 5.74) is 0.759. The maximum atomic E-state index is 12.0.